The Labute approximate surface area is 107 Å². The van der Waals surface area contributed by atoms with Crippen LogP contribution in [0.15, 0.2) is 18.2 Å². The van der Waals surface area contributed by atoms with E-state index in [-0.39, 0.29) is 31.2 Å². The highest BCUT2D eigenvalue weighted by Gasteiger charge is 2.45. The van der Waals surface area contributed by atoms with Gasteiger partial charge in [0.15, 0.2) is 0 Å². The van der Waals surface area contributed by atoms with E-state index < -0.39 is 29.3 Å². The summed E-state index contributed by atoms with van der Waals surface area (Å²) in [6.45, 7) is 0. The summed E-state index contributed by atoms with van der Waals surface area (Å²) < 4.78 is 64.5. The summed E-state index contributed by atoms with van der Waals surface area (Å²) in [6.07, 6.45) is -4.57. The lowest BCUT2D eigenvalue weighted by Crippen LogP contribution is -2.43. The minimum absolute atomic E-state index is 0.00243. The molecular weight excluding hydrogens is 265 g/mol. The molecule has 1 aromatic carbocycles. The molecule has 1 aliphatic carbocycles. The van der Waals surface area contributed by atoms with Crippen LogP contribution in [0.3, 0.4) is 0 Å². The molecule has 0 atom stereocenters. The third kappa shape index (κ3) is 2.88. The summed E-state index contributed by atoms with van der Waals surface area (Å²) in [7, 11) is 0. The van der Waals surface area contributed by atoms with Crippen LogP contribution in [0.2, 0.25) is 0 Å². The number of halogens is 5. The molecule has 0 bridgehead atoms. The van der Waals surface area contributed by atoms with E-state index >= 15 is 0 Å². The van der Waals surface area contributed by atoms with Gasteiger partial charge >= 0.3 is 6.18 Å². The highest BCUT2D eigenvalue weighted by molar-refractivity contribution is 5.27. The fourth-order valence-corrected chi connectivity index (χ4v) is 2.61. The number of hydrogen-bond donors (Lipinski definition) is 1. The highest BCUT2D eigenvalue weighted by Crippen LogP contribution is 2.44. The zero-order valence-corrected chi connectivity index (χ0v) is 10.1. The Bertz CT molecular complexity index is 461. The minimum atomic E-state index is -4.25. The summed E-state index contributed by atoms with van der Waals surface area (Å²) in [5.74, 6) is -2.71. The lowest BCUT2D eigenvalue weighted by Gasteiger charge is -2.38. The van der Waals surface area contributed by atoms with E-state index in [0.29, 0.717) is 0 Å². The van der Waals surface area contributed by atoms with Crippen molar-refractivity contribution in [3.05, 3.63) is 35.4 Å². The molecule has 0 heterocycles. The van der Waals surface area contributed by atoms with Crippen LogP contribution in [0.25, 0.3) is 0 Å². The molecule has 1 aliphatic rings. The van der Waals surface area contributed by atoms with Gasteiger partial charge < -0.3 is 5.73 Å². The molecular formula is C13H14F5N. The normalized spacial score (nSPS) is 28.4. The van der Waals surface area contributed by atoms with Crippen molar-refractivity contribution in [3.8, 4) is 0 Å². The summed E-state index contributed by atoms with van der Waals surface area (Å²) in [6, 6.07) is 2.89. The fourth-order valence-electron chi connectivity index (χ4n) is 2.61. The maximum Gasteiger partial charge on any atom is 0.391 e. The van der Waals surface area contributed by atoms with Crippen LogP contribution in [0.5, 0.6) is 0 Å². The second-order valence-corrected chi connectivity index (χ2v) is 5.10. The van der Waals surface area contributed by atoms with Crippen molar-refractivity contribution < 1.29 is 22.0 Å². The molecule has 0 aromatic heterocycles. The molecule has 0 spiro atoms. The van der Waals surface area contributed by atoms with E-state index in [2.05, 4.69) is 0 Å². The van der Waals surface area contributed by atoms with Gasteiger partial charge in [0, 0.05) is 11.1 Å². The maximum atomic E-state index is 13.7. The molecule has 19 heavy (non-hydrogen) atoms. The zero-order chi connectivity index (χ0) is 14.3. The molecule has 1 saturated carbocycles. The van der Waals surface area contributed by atoms with E-state index in [0.717, 1.165) is 18.2 Å². The predicted molar refractivity (Wildman–Crippen MR) is 60.2 cm³/mol. The first kappa shape index (κ1) is 14.2. The summed E-state index contributed by atoms with van der Waals surface area (Å²) in [4.78, 5) is 0. The number of nitrogens with two attached hydrogens (primary N) is 1. The van der Waals surface area contributed by atoms with E-state index in [1.54, 1.807) is 0 Å². The molecule has 2 N–H and O–H groups in total. The molecule has 1 fully saturated rings. The van der Waals surface area contributed by atoms with Gasteiger partial charge in [-0.05, 0) is 43.9 Å². The third-order valence-corrected chi connectivity index (χ3v) is 3.81. The quantitative estimate of drug-likeness (QED) is 0.776. The third-order valence-electron chi connectivity index (χ3n) is 3.81. The number of alkyl halides is 3. The van der Waals surface area contributed by atoms with Crippen molar-refractivity contribution in [3.63, 3.8) is 0 Å². The molecule has 2 rings (SSSR count). The Morgan fingerprint density at radius 1 is 1.11 bits per heavy atom. The largest absolute Gasteiger partial charge is 0.391 e. The van der Waals surface area contributed by atoms with Crippen molar-refractivity contribution in [2.24, 2.45) is 11.7 Å². The lowest BCUT2D eigenvalue weighted by molar-refractivity contribution is -0.184. The topological polar surface area (TPSA) is 26.0 Å². The lowest BCUT2D eigenvalue weighted by atomic mass is 9.73. The van der Waals surface area contributed by atoms with E-state index in [1.165, 1.54) is 0 Å². The first-order valence-corrected chi connectivity index (χ1v) is 6.03. The average molecular weight is 279 g/mol. The van der Waals surface area contributed by atoms with Gasteiger partial charge in [0.05, 0.1) is 5.92 Å². The van der Waals surface area contributed by atoms with Crippen molar-refractivity contribution in [2.75, 3.05) is 0 Å². The van der Waals surface area contributed by atoms with E-state index in [4.69, 9.17) is 5.73 Å². The SMILES string of the molecule is NC1(c2cc(F)ccc2F)CCC(C(F)(F)F)CC1. The van der Waals surface area contributed by atoms with E-state index in [1.807, 2.05) is 0 Å². The Kier molecular flexibility index (Phi) is 3.55. The van der Waals surface area contributed by atoms with Crippen LogP contribution >= 0.6 is 0 Å². The molecule has 0 unspecified atom stereocenters. The summed E-state index contributed by atoms with van der Waals surface area (Å²) in [5, 5.41) is 0. The number of hydrogen-bond acceptors (Lipinski definition) is 1. The number of benzene rings is 1. The van der Waals surface area contributed by atoms with Gasteiger partial charge in [0.1, 0.15) is 11.6 Å². The van der Waals surface area contributed by atoms with Crippen molar-refractivity contribution in [2.45, 2.75) is 37.4 Å². The van der Waals surface area contributed by atoms with Crippen molar-refractivity contribution in [1.29, 1.82) is 0 Å². The minimum Gasteiger partial charge on any atom is -0.321 e. The molecule has 0 aliphatic heterocycles. The maximum absolute atomic E-state index is 13.7. The average Bonchev–Trinajstić information content (AvgIpc) is 2.31. The molecule has 6 heteroatoms. The first-order valence-electron chi connectivity index (χ1n) is 6.03. The molecule has 1 nitrogen and oxygen atoms in total. The Morgan fingerprint density at radius 2 is 1.68 bits per heavy atom. The van der Waals surface area contributed by atoms with Crippen LogP contribution in [0.1, 0.15) is 31.2 Å². The standard InChI is InChI=1S/C13H14F5N/c14-9-1-2-11(15)10(7-9)12(19)5-3-8(4-6-12)13(16,17)18/h1-2,7-8H,3-6,19H2. The predicted octanol–water partition coefficient (Wildman–Crippen LogP) is 3.87. The van der Waals surface area contributed by atoms with Gasteiger partial charge in [-0.25, -0.2) is 8.78 Å². The van der Waals surface area contributed by atoms with Crippen molar-refractivity contribution in [1.82, 2.24) is 0 Å². The van der Waals surface area contributed by atoms with Crippen LogP contribution in [0, 0.1) is 17.6 Å². The van der Waals surface area contributed by atoms with Gasteiger partial charge in [0.25, 0.3) is 0 Å². The Hall–Kier alpha value is -1.17. The highest BCUT2D eigenvalue weighted by atomic mass is 19.4. The van der Waals surface area contributed by atoms with Gasteiger partial charge in [-0.1, -0.05) is 0 Å². The van der Waals surface area contributed by atoms with Gasteiger partial charge in [0.2, 0.25) is 0 Å². The second kappa shape index (κ2) is 4.74. The fraction of sp³-hybridized carbons (Fsp3) is 0.538. The molecule has 0 saturated heterocycles. The van der Waals surface area contributed by atoms with E-state index in [9.17, 15) is 22.0 Å². The van der Waals surface area contributed by atoms with Gasteiger partial charge in [-0.2, -0.15) is 13.2 Å². The monoisotopic (exact) mass is 279 g/mol. The second-order valence-electron chi connectivity index (χ2n) is 5.10. The molecule has 0 radical (unpaired) electrons. The zero-order valence-electron chi connectivity index (χ0n) is 10.1. The summed E-state index contributed by atoms with van der Waals surface area (Å²) in [5.41, 5.74) is 4.73. The molecule has 0 amide bonds. The van der Waals surface area contributed by atoms with Gasteiger partial charge in [-0.15, -0.1) is 0 Å². The summed E-state index contributed by atoms with van der Waals surface area (Å²) >= 11 is 0. The first-order chi connectivity index (χ1) is 8.72. The van der Waals surface area contributed by atoms with Crippen molar-refractivity contribution >= 4 is 0 Å². The van der Waals surface area contributed by atoms with Crippen LogP contribution in [-0.4, -0.2) is 6.18 Å². The van der Waals surface area contributed by atoms with Crippen LogP contribution < -0.4 is 5.73 Å². The molecule has 106 valence electrons. The van der Waals surface area contributed by atoms with Gasteiger partial charge in [-0.3, -0.25) is 0 Å². The molecule has 1 aromatic rings. The Balaban J connectivity index is 2.20. The van der Waals surface area contributed by atoms with Crippen LogP contribution in [0.4, 0.5) is 22.0 Å². The smallest absolute Gasteiger partial charge is 0.321 e. The number of rotatable bonds is 1. The Morgan fingerprint density at radius 3 is 2.21 bits per heavy atom. The van der Waals surface area contributed by atoms with Crippen LogP contribution in [-0.2, 0) is 5.54 Å².